The molecule has 126 valence electrons. The maximum atomic E-state index is 12.3. The minimum absolute atomic E-state index is 0.203. The molecule has 2 amide bonds. The van der Waals surface area contributed by atoms with Gasteiger partial charge in [0.25, 0.3) is 0 Å². The zero-order chi connectivity index (χ0) is 16.4. The first kappa shape index (κ1) is 15.9. The molecule has 0 unspecified atom stereocenters. The largest absolute Gasteiger partial charge is 0.454 e. The summed E-state index contributed by atoms with van der Waals surface area (Å²) in [6, 6.07) is 4.81. The molecule has 3 N–H and O–H groups in total. The molecule has 1 saturated heterocycles. The predicted molar refractivity (Wildman–Crippen MR) is 82.5 cm³/mol. The Hall–Kier alpha value is -2.00. The Morgan fingerprint density at radius 2 is 2.13 bits per heavy atom. The van der Waals surface area contributed by atoms with E-state index in [0.717, 1.165) is 12.0 Å². The normalized spacial score (nSPS) is 19.9. The van der Waals surface area contributed by atoms with Gasteiger partial charge < -0.3 is 19.7 Å². The number of fused-ring (bicyclic) bond motifs is 1. The number of rotatable bonds is 4. The van der Waals surface area contributed by atoms with E-state index in [0.29, 0.717) is 31.0 Å². The molecule has 0 aromatic heterocycles. The van der Waals surface area contributed by atoms with Gasteiger partial charge in [0.05, 0.1) is 5.75 Å². The highest BCUT2D eigenvalue weighted by Crippen LogP contribution is 2.32. The number of benzene rings is 1. The van der Waals surface area contributed by atoms with Crippen molar-refractivity contribution < 1.29 is 22.7 Å². The van der Waals surface area contributed by atoms with Crippen LogP contribution in [0.5, 0.6) is 11.5 Å². The smallest absolute Gasteiger partial charge is 0.317 e. The summed E-state index contributed by atoms with van der Waals surface area (Å²) < 4.78 is 33.0. The highest BCUT2D eigenvalue weighted by Gasteiger charge is 2.31. The molecule has 1 atom stereocenters. The van der Waals surface area contributed by atoms with E-state index >= 15 is 0 Å². The second kappa shape index (κ2) is 6.25. The Labute approximate surface area is 134 Å². The van der Waals surface area contributed by atoms with Gasteiger partial charge in [0.2, 0.25) is 16.8 Å². The van der Waals surface area contributed by atoms with E-state index in [2.05, 4.69) is 5.32 Å². The van der Waals surface area contributed by atoms with Crippen molar-refractivity contribution in [3.8, 4) is 11.5 Å². The van der Waals surface area contributed by atoms with Crippen LogP contribution in [-0.2, 0) is 16.6 Å². The maximum Gasteiger partial charge on any atom is 0.317 e. The third-order valence-electron chi connectivity index (χ3n) is 3.94. The summed E-state index contributed by atoms with van der Waals surface area (Å²) in [5.74, 6) is 1.14. The molecule has 0 spiro atoms. The number of ether oxygens (including phenoxy) is 2. The summed E-state index contributed by atoms with van der Waals surface area (Å²) in [6.07, 6.45) is 1.42. The topological polar surface area (TPSA) is 111 Å². The number of nitrogens with one attached hydrogen (secondary N) is 1. The lowest BCUT2D eigenvalue weighted by molar-refractivity contribution is 0.174. The van der Waals surface area contributed by atoms with Crippen molar-refractivity contribution in [2.45, 2.75) is 25.4 Å². The van der Waals surface area contributed by atoms with Crippen LogP contribution >= 0.6 is 0 Å². The van der Waals surface area contributed by atoms with Crippen molar-refractivity contribution in [1.82, 2.24) is 10.2 Å². The van der Waals surface area contributed by atoms with Crippen LogP contribution in [0.4, 0.5) is 4.79 Å². The van der Waals surface area contributed by atoms with Crippen molar-refractivity contribution in [2.24, 2.45) is 5.14 Å². The van der Waals surface area contributed by atoms with E-state index in [4.69, 9.17) is 14.6 Å². The summed E-state index contributed by atoms with van der Waals surface area (Å²) in [6.45, 7) is 1.06. The van der Waals surface area contributed by atoms with Crippen LogP contribution in [0.25, 0.3) is 0 Å². The molecule has 2 heterocycles. The summed E-state index contributed by atoms with van der Waals surface area (Å²) in [7, 11) is -3.60. The van der Waals surface area contributed by atoms with Crippen molar-refractivity contribution in [3.05, 3.63) is 23.8 Å². The Morgan fingerprint density at radius 1 is 1.35 bits per heavy atom. The first-order chi connectivity index (χ1) is 10.9. The van der Waals surface area contributed by atoms with Gasteiger partial charge in [-0.25, -0.2) is 18.4 Å². The van der Waals surface area contributed by atoms with E-state index < -0.39 is 10.0 Å². The monoisotopic (exact) mass is 341 g/mol. The number of hydrogen-bond donors (Lipinski definition) is 2. The van der Waals surface area contributed by atoms with E-state index in [9.17, 15) is 13.2 Å². The molecule has 23 heavy (non-hydrogen) atoms. The Kier molecular flexibility index (Phi) is 4.31. The zero-order valence-electron chi connectivity index (χ0n) is 12.5. The number of nitrogens with two attached hydrogens (primary N) is 1. The van der Waals surface area contributed by atoms with Crippen LogP contribution in [-0.4, -0.2) is 44.5 Å². The SMILES string of the molecule is NS(=O)(=O)C[C@@H]1CCCN1C(=O)NCc1ccc2c(c1)OCO2. The van der Waals surface area contributed by atoms with Crippen molar-refractivity contribution in [3.63, 3.8) is 0 Å². The van der Waals surface area contributed by atoms with E-state index in [1.165, 1.54) is 4.90 Å². The molecule has 1 fully saturated rings. The van der Waals surface area contributed by atoms with Crippen LogP contribution in [0.15, 0.2) is 18.2 Å². The van der Waals surface area contributed by atoms with Gasteiger partial charge in [-0.2, -0.15) is 0 Å². The number of likely N-dealkylation sites (tertiary alicyclic amines) is 1. The average molecular weight is 341 g/mol. The first-order valence-electron chi connectivity index (χ1n) is 7.36. The molecule has 2 aliphatic heterocycles. The molecule has 1 aromatic rings. The van der Waals surface area contributed by atoms with Crippen molar-refractivity contribution in [2.75, 3.05) is 19.1 Å². The minimum Gasteiger partial charge on any atom is -0.454 e. The van der Waals surface area contributed by atoms with Gasteiger partial charge in [0.1, 0.15) is 0 Å². The Balaban J connectivity index is 1.58. The van der Waals surface area contributed by atoms with Gasteiger partial charge in [-0.3, -0.25) is 0 Å². The van der Waals surface area contributed by atoms with Crippen molar-refractivity contribution >= 4 is 16.1 Å². The van der Waals surface area contributed by atoms with E-state index in [-0.39, 0.29) is 24.6 Å². The summed E-state index contributed by atoms with van der Waals surface area (Å²) in [5, 5.41) is 7.89. The van der Waals surface area contributed by atoms with Crippen LogP contribution in [0.2, 0.25) is 0 Å². The molecule has 9 heteroatoms. The van der Waals surface area contributed by atoms with Gasteiger partial charge in [0.15, 0.2) is 11.5 Å². The van der Waals surface area contributed by atoms with Crippen molar-refractivity contribution in [1.29, 1.82) is 0 Å². The number of hydrogen-bond acceptors (Lipinski definition) is 5. The number of nitrogens with zero attached hydrogens (tertiary/aromatic N) is 1. The fourth-order valence-electron chi connectivity index (χ4n) is 2.87. The molecule has 2 aliphatic rings. The lowest BCUT2D eigenvalue weighted by atomic mass is 10.2. The molecule has 8 nitrogen and oxygen atoms in total. The van der Waals surface area contributed by atoms with Gasteiger partial charge in [0, 0.05) is 19.1 Å². The zero-order valence-corrected chi connectivity index (χ0v) is 13.3. The minimum atomic E-state index is -3.60. The van der Waals surface area contributed by atoms with Gasteiger partial charge in [-0.1, -0.05) is 6.07 Å². The number of carbonyl (C=O) groups excluding carboxylic acids is 1. The third-order valence-corrected chi connectivity index (χ3v) is 4.79. The summed E-state index contributed by atoms with van der Waals surface area (Å²) in [4.78, 5) is 13.8. The highest BCUT2D eigenvalue weighted by molar-refractivity contribution is 7.89. The molecular formula is C14H19N3O5S. The highest BCUT2D eigenvalue weighted by atomic mass is 32.2. The fraction of sp³-hybridized carbons (Fsp3) is 0.500. The molecule has 3 rings (SSSR count). The summed E-state index contributed by atoms with van der Waals surface area (Å²) in [5.41, 5.74) is 0.879. The second-order valence-electron chi connectivity index (χ2n) is 5.67. The number of primary sulfonamides is 1. The van der Waals surface area contributed by atoms with E-state index in [1.54, 1.807) is 6.07 Å². The Bertz CT molecular complexity index is 706. The molecule has 0 aliphatic carbocycles. The van der Waals surface area contributed by atoms with Gasteiger partial charge in [-0.15, -0.1) is 0 Å². The van der Waals surface area contributed by atoms with Gasteiger partial charge in [-0.05, 0) is 30.5 Å². The lowest BCUT2D eigenvalue weighted by Crippen LogP contribution is -2.45. The lowest BCUT2D eigenvalue weighted by Gasteiger charge is -2.24. The number of amides is 2. The fourth-order valence-corrected chi connectivity index (χ4v) is 3.76. The van der Waals surface area contributed by atoms with Crippen LogP contribution in [0, 0.1) is 0 Å². The molecule has 0 radical (unpaired) electrons. The molecule has 0 saturated carbocycles. The van der Waals surface area contributed by atoms with Crippen LogP contribution < -0.4 is 19.9 Å². The predicted octanol–water partition coefficient (Wildman–Crippen LogP) is 0.378. The van der Waals surface area contributed by atoms with Crippen LogP contribution in [0.1, 0.15) is 18.4 Å². The standard InChI is InChI=1S/C14H19N3O5S/c15-23(19,20)8-11-2-1-5-17(11)14(18)16-7-10-3-4-12-13(6-10)22-9-21-12/h3-4,6,11H,1-2,5,7-9H2,(H,16,18)(H2,15,19,20)/t11-/m0/s1. The number of urea groups is 1. The first-order valence-corrected chi connectivity index (χ1v) is 9.07. The summed E-state index contributed by atoms with van der Waals surface area (Å²) >= 11 is 0. The average Bonchev–Trinajstić information content (AvgIpc) is 3.11. The molecule has 0 bridgehead atoms. The maximum absolute atomic E-state index is 12.3. The molecule has 1 aromatic carbocycles. The van der Waals surface area contributed by atoms with E-state index in [1.807, 2.05) is 12.1 Å². The van der Waals surface area contributed by atoms with Crippen LogP contribution in [0.3, 0.4) is 0 Å². The molecular weight excluding hydrogens is 322 g/mol. The quantitative estimate of drug-likeness (QED) is 0.822. The number of carbonyl (C=O) groups is 1. The second-order valence-corrected chi connectivity index (χ2v) is 7.32. The Morgan fingerprint density at radius 3 is 2.91 bits per heavy atom. The van der Waals surface area contributed by atoms with Gasteiger partial charge >= 0.3 is 6.03 Å². The third kappa shape index (κ3) is 3.85. The number of sulfonamides is 1.